The molecule has 4 nitrogen and oxygen atoms in total. The van der Waals surface area contributed by atoms with Crippen LogP contribution >= 0.6 is 11.6 Å². The van der Waals surface area contributed by atoms with Crippen molar-refractivity contribution in [2.24, 2.45) is 0 Å². The summed E-state index contributed by atoms with van der Waals surface area (Å²) in [5, 5.41) is 3.30. The lowest BCUT2D eigenvalue weighted by Gasteiger charge is -2.05. The normalized spacial score (nSPS) is 10.5. The number of rotatable bonds is 5. The van der Waals surface area contributed by atoms with Gasteiger partial charge in [-0.1, -0.05) is 54.1 Å². The largest absolute Gasteiger partial charge is 0.441 e. The predicted molar refractivity (Wildman–Crippen MR) is 90.3 cm³/mol. The van der Waals surface area contributed by atoms with Crippen molar-refractivity contribution in [2.45, 2.75) is 12.8 Å². The number of aromatic nitrogens is 1. The van der Waals surface area contributed by atoms with Gasteiger partial charge in [0.1, 0.15) is 0 Å². The minimum Gasteiger partial charge on any atom is -0.441 e. The standard InChI is InChI=1S/C18H15ClN2O2/c19-14-8-4-5-9-15(14)21-17(22)10-11-18-20-12-16(23-18)13-6-2-1-3-7-13/h1-9,12H,10-11H2,(H,21,22). The summed E-state index contributed by atoms with van der Waals surface area (Å²) in [6.45, 7) is 0. The van der Waals surface area contributed by atoms with E-state index in [4.69, 9.17) is 16.0 Å². The van der Waals surface area contributed by atoms with Crippen molar-refractivity contribution < 1.29 is 9.21 Å². The minimum atomic E-state index is -0.127. The fraction of sp³-hybridized carbons (Fsp3) is 0.111. The summed E-state index contributed by atoms with van der Waals surface area (Å²) in [4.78, 5) is 16.2. The third-order valence-corrected chi connectivity index (χ3v) is 3.66. The average molecular weight is 327 g/mol. The molecule has 0 spiro atoms. The number of amides is 1. The first-order valence-electron chi connectivity index (χ1n) is 7.27. The molecule has 0 aliphatic rings. The molecule has 0 saturated heterocycles. The van der Waals surface area contributed by atoms with Crippen molar-refractivity contribution in [3.63, 3.8) is 0 Å². The highest BCUT2D eigenvalue weighted by atomic mass is 35.5. The number of carbonyl (C=O) groups excluding carboxylic acids is 1. The Morgan fingerprint density at radius 3 is 2.61 bits per heavy atom. The summed E-state index contributed by atoms with van der Waals surface area (Å²) in [6.07, 6.45) is 2.39. The van der Waals surface area contributed by atoms with Crippen molar-refractivity contribution in [2.75, 3.05) is 5.32 Å². The van der Waals surface area contributed by atoms with E-state index in [1.54, 1.807) is 18.3 Å². The maximum Gasteiger partial charge on any atom is 0.224 e. The van der Waals surface area contributed by atoms with Crippen LogP contribution in [0.5, 0.6) is 0 Å². The lowest BCUT2D eigenvalue weighted by atomic mass is 10.2. The van der Waals surface area contributed by atoms with E-state index >= 15 is 0 Å². The quantitative estimate of drug-likeness (QED) is 0.747. The molecule has 1 N–H and O–H groups in total. The van der Waals surface area contributed by atoms with E-state index in [9.17, 15) is 4.79 Å². The molecular formula is C18H15ClN2O2. The Morgan fingerprint density at radius 1 is 1.09 bits per heavy atom. The van der Waals surface area contributed by atoms with Crippen molar-refractivity contribution >= 4 is 23.2 Å². The van der Waals surface area contributed by atoms with Crippen molar-refractivity contribution in [1.82, 2.24) is 4.98 Å². The van der Waals surface area contributed by atoms with Crippen LogP contribution in [0.15, 0.2) is 65.2 Å². The van der Waals surface area contributed by atoms with Crippen LogP contribution in [0.2, 0.25) is 5.02 Å². The van der Waals surface area contributed by atoms with Crippen LogP contribution in [0.1, 0.15) is 12.3 Å². The van der Waals surface area contributed by atoms with Crippen LogP contribution < -0.4 is 5.32 Å². The Labute approximate surface area is 139 Å². The highest BCUT2D eigenvalue weighted by molar-refractivity contribution is 6.33. The van der Waals surface area contributed by atoms with E-state index in [2.05, 4.69) is 10.3 Å². The molecular weight excluding hydrogens is 312 g/mol. The summed E-state index contributed by atoms with van der Waals surface area (Å²) >= 11 is 6.01. The molecule has 3 rings (SSSR count). The maximum absolute atomic E-state index is 12.0. The van der Waals surface area contributed by atoms with Gasteiger partial charge in [0.05, 0.1) is 16.9 Å². The van der Waals surface area contributed by atoms with E-state index in [1.165, 1.54) is 0 Å². The molecule has 0 unspecified atom stereocenters. The van der Waals surface area contributed by atoms with Gasteiger partial charge < -0.3 is 9.73 Å². The minimum absolute atomic E-state index is 0.127. The highest BCUT2D eigenvalue weighted by Crippen LogP contribution is 2.22. The van der Waals surface area contributed by atoms with Gasteiger partial charge >= 0.3 is 0 Å². The lowest BCUT2D eigenvalue weighted by molar-refractivity contribution is -0.116. The Hall–Kier alpha value is -2.59. The molecule has 1 aromatic heterocycles. The first-order valence-corrected chi connectivity index (χ1v) is 7.64. The Morgan fingerprint density at radius 2 is 1.83 bits per heavy atom. The van der Waals surface area contributed by atoms with Crippen molar-refractivity contribution in [3.05, 3.63) is 71.7 Å². The Balaban J connectivity index is 1.58. The fourth-order valence-corrected chi connectivity index (χ4v) is 2.34. The summed E-state index contributed by atoms with van der Waals surface area (Å²) in [5.41, 5.74) is 1.57. The van der Waals surface area contributed by atoms with E-state index in [0.717, 1.165) is 5.56 Å². The molecule has 0 saturated carbocycles. The number of benzene rings is 2. The number of halogens is 1. The summed E-state index contributed by atoms with van der Waals surface area (Å²) < 4.78 is 5.68. The van der Waals surface area contributed by atoms with Gasteiger partial charge in [0, 0.05) is 18.4 Å². The molecule has 0 radical (unpaired) electrons. The molecule has 5 heteroatoms. The summed E-state index contributed by atoms with van der Waals surface area (Å²) in [5.74, 6) is 1.11. The van der Waals surface area contributed by atoms with Crippen LogP contribution in [-0.4, -0.2) is 10.9 Å². The van der Waals surface area contributed by atoms with Gasteiger partial charge in [-0.25, -0.2) is 4.98 Å². The molecule has 0 atom stereocenters. The topological polar surface area (TPSA) is 55.1 Å². The number of hydrogen-bond acceptors (Lipinski definition) is 3. The number of nitrogens with zero attached hydrogens (tertiary/aromatic N) is 1. The molecule has 2 aromatic carbocycles. The van der Waals surface area contributed by atoms with Crippen LogP contribution in [-0.2, 0) is 11.2 Å². The van der Waals surface area contributed by atoms with Crippen LogP contribution in [0.4, 0.5) is 5.69 Å². The Bertz CT molecular complexity index is 800. The molecule has 1 heterocycles. The third-order valence-electron chi connectivity index (χ3n) is 3.33. The van der Waals surface area contributed by atoms with E-state index in [-0.39, 0.29) is 12.3 Å². The maximum atomic E-state index is 12.0. The zero-order chi connectivity index (χ0) is 16.1. The SMILES string of the molecule is O=C(CCc1ncc(-c2ccccc2)o1)Nc1ccccc1Cl. The second-order valence-corrected chi connectivity index (χ2v) is 5.42. The van der Waals surface area contributed by atoms with E-state index in [1.807, 2.05) is 42.5 Å². The van der Waals surface area contributed by atoms with E-state index in [0.29, 0.717) is 28.8 Å². The molecule has 23 heavy (non-hydrogen) atoms. The zero-order valence-electron chi connectivity index (χ0n) is 12.3. The predicted octanol–water partition coefficient (Wildman–Crippen LogP) is 4.57. The smallest absolute Gasteiger partial charge is 0.224 e. The van der Waals surface area contributed by atoms with Crippen molar-refractivity contribution in [1.29, 1.82) is 0 Å². The van der Waals surface area contributed by atoms with E-state index < -0.39 is 0 Å². The highest BCUT2D eigenvalue weighted by Gasteiger charge is 2.10. The molecule has 116 valence electrons. The molecule has 3 aromatic rings. The van der Waals surface area contributed by atoms with Gasteiger partial charge in [0.25, 0.3) is 0 Å². The molecule has 0 aliphatic carbocycles. The number of carbonyl (C=O) groups is 1. The molecule has 1 amide bonds. The second kappa shape index (κ2) is 7.11. The van der Waals surface area contributed by atoms with Crippen molar-refractivity contribution in [3.8, 4) is 11.3 Å². The number of hydrogen-bond donors (Lipinski definition) is 1. The lowest BCUT2D eigenvalue weighted by Crippen LogP contribution is -2.12. The van der Waals surface area contributed by atoms with Crippen LogP contribution in [0.25, 0.3) is 11.3 Å². The number of aryl methyl sites for hydroxylation is 1. The Kier molecular flexibility index (Phi) is 4.74. The van der Waals surface area contributed by atoms with Crippen LogP contribution in [0, 0.1) is 0 Å². The van der Waals surface area contributed by atoms with Gasteiger partial charge in [-0.3, -0.25) is 4.79 Å². The number of nitrogens with one attached hydrogen (secondary N) is 1. The first-order chi connectivity index (χ1) is 11.2. The van der Waals surface area contributed by atoms with Crippen LogP contribution in [0.3, 0.4) is 0 Å². The van der Waals surface area contributed by atoms with Gasteiger partial charge in [-0.15, -0.1) is 0 Å². The number of oxazole rings is 1. The monoisotopic (exact) mass is 326 g/mol. The fourth-order valence-electron chi connectivity index (χ4n) is 2.16. The van der Waals surface area contributed by atoms with Gasteiger partial charge in [-0.2, -0.15) is 0 Å². The first kappa shape index (κ1) is 15.3. The van der Waals surface area contributed by atoms with Gasteiger partial charge in [0.2, 0.25) is 5.91 Å². The summed E-state index contributed by atoms with van der Waals surface area (Å²) in [6, 6.07) is 16.9. The summed E-state index contributed by atoms with van der Waals surface area (Å²) in [7, 11) is 0. The molecule has 0 fully saturated rings. The van der Waals surface area contributed by atoms with Gasteiger partial charge in [0.15, 0.2) is 11.7 Å². The zero-order valence-corrected chi connectivity index (χ0v) is 13.1. The number of anilines is 1. The second-order valence-electron chi connectivity index (χ2n) is 5.01. The molecule has 0 aliphatic heterocycles. The van der Waals surface area contributed by atoms with Gasteiger partial charge in [-0.05, 0) is 12.1 Å². The average Bonchev–Trinajstić information content (AvgIpc) is 3.05. The molecule has 0 bridgehead atoms. The number of para-hydroxylation sites is 1. The third kappa shape index (κ3) is 3.99.